The van der Waals surface area contributed by atoms with E-state index in [1.165, 1.54) is 6.39 Å². The summed E-state index contributed by atoms with van der Waals surface area (Å²) in [6, 6.07) is 0. The van der Waals surface area contributed by atoms with Gasteiger partial charge in [-0.25, -0.2) is 4.98 Å². The summed E-state index contributed by atoms with van der Waals surface area (Å²) in [5.74, 6) is 1.26. The van der Waals surface area contributed by atoms with Gasteiger partial charge in [-0.15, -0.1) is 0 Å². The van der Waals surface area contributed by atoms with Gasteiger partial charge in [-0.05, 0) is 7.05 Å². The Labute approximate surface area is 126 Å². The highest BCUT2D eigenvalue weighted by molar-refractivity contribution is 5.10. The van der Waals surface area contributed by atoms with Gasteiger partial charge in [0.1, 0.15) is 5.76 Å². The summed E-state index contributed by atoms with van der Waals surface area (Å²) in [6.07, 6.45) is 1.14. The number of aromatic nitrogens is 1. The molecule has 21 heavy (non-hydrogen) atoms. The van der Waals surface area contributed by atoms with Crippen molar-refractivity contribution in [2.45, 2.75) is 32.4 Å². The van der Waals surface area contributed by atoms with Gasteiger partial charge in [0.15, 0.2) is 6.39 Å². The number of β-amino-alcohol motifs (C(OH)–C–C–N with tert-alkyl or cyclic N) is 1. The Morgan fingerprint density at radius 3 is 2.76 bits per heavy atom. The first kappa shape index (κ1) is 16.4. The number of aliphatic hydroxyl groups is 1. The smallest absolute Gasteiger partial charge is 0.181 e. The number of ether oxygens (including phenoxy) is 1. The van der Waals surface area contributed by atoms with Crippen molar-refractivity contribution in [3.8, 4) is 0 Å². The topological polar surface area (TPSA) is 62.0 Å². The Hall–Kier alpha value is -0.950. The second-order valence-electron chi connectivity index (χ2n) is 6.08. The van der Waals surface area contributed by atoms with E-state index in [4.69, 9.17) is 9.15 Å². The van der Waals surface area contributed by atoms with Crippen molar-refractivity contribution in [1.29, 1.82) is 0 Å². The lowest BCUT2D eigenvalue weighted by atomic mass is 10.1. The van der Waals surface area contributed by atoms with Crippen molar-refractivity contribution < 1.29 is 14.3 Å². The number of likely N-dealkylation sites (N-methyl/N-ethyl adjacent to an activating group) is 1. The largest absolute Gasteiger partial charge is 0.448 e. The molecule has 1 aromatic heterocycles. The summed E-state index contributed by atoms with van der Waals surface area (Å²) in [7, 11) is 2.00. The van der Waals surface area contributed by atoms with E-state index in [0.717, 1.165) is 37.8 Å². The molecule has 0 aromatic carbocycles. The van der Waals surface area contributed by atoms with Gasteiger partial charge in [0.25, 0.3) is 0 Å². The number of hydrogen-bond acceptors (Lipinski definition) is 6. The number of nitrogens with zero attached hydrogens (tertiary/aromatic N) is 3. The summed E-state index contributed by atoms with van der Waals surface area (Å²) in [5, 5.41) is 10.2. The molecule has 0 radical (unpaired) electrons. The first-order valence-corrected chi connectivity index (χ1v) is 7.65. The quantitative estimate of drug-likeness (QED) is 0.807. The molecule has 1 saturated heterocycles. The van der Waals surface area contributed by atoms with E-state index in [9.17, 15) is 5.11 Å². The van der Waals surface area contributed by atoms with Crippen molar-refractivity contribution in [1.82, 2.24) is 14.8 Å². The molecule has 1 aliphatic heterocycles. The number of oxazole rings is 1. The van der Waals surface area contributed by atoms with Crippen LogP contribution < -0.4 is 0 Å². The normalized spacial score (nSPS) is 18.6. The minimum Gasteiger partial charge on any atom is -0.448 e. The summed E-state index contributed by atoms with van der Waals surface area (Å²) < 4.78 is 10.7. The molecule has 1 unspecified atom stereocenters. The van der Waals surface area contributed by atoms with Crippen LogP contribution >= 0.6 is 0 Å². The average molecular weight is 297 g/mol. The molecule has 6 heteroatoms. The maximum Gasteiger partial charge on any atom is 0.181 e. The fourth-order valence-electron chi connectivity index (χ4n) is 2.69. The molecule has 0 bridgehead atoms. The fourth-order valence-corrected chi connectivity index (χ4v) is 2.69. The second kappa shape index (κ2) is 7.89. The van der Waals surface area contributed by atoms with E-state index in [-0.39, 0.29) is 6.10 Å². The Morgan fingerprint density at radius 2 is 2.10 bits per heavy atom. The van der Waals surface area contributed by atoms with E-state index < -0.39 is 0 Å². The third-order valence-corrected chi connectivity index (χ3v) is 3.71. The van der Waals surface area contributed by atoms with Crippen LogP contribution in [0.1, 0.15) is 31.2 Å². The molecular weight excluding hydrogens is 270 g/mol. The Bertz CT molecular complexity index is 416. The van der Waals surface area contributed by atoms with Gasteiger partial charge < -0.3 is 14.3 Å². The van der Waals surface area contributed by atoms with Crippen LogP contribution in [0.15, 0.2) is 10.8 Å². The predicted octanol–water partition coefficient (Wildman–Crippen LogP) is 0.923. The van der Waals surface area contributed by atoms with Gasteiger partial charge in [-0.1, -0.05) is 13.8 Å². The van der Waals surface area contributed by atoms with E-state index in [0.29, 0.717) is 25.6 Å². The Morgan fingerprint density at radius 1 is 1.38 bits per heavy atom. The minimum absolute atomic E-state index is 0.328. The second-order valence-corrected chi connectivity index (χ2v) is 6.08. The third-order valence-electron chi connectivity index (χ3n) is 3.71. The van der Waals surface area contributed by atoms with Gasteiger partial charge in [-0.3, -0.25) is 9.80 Å². The van der Waals surface area contributed by atoms with Crippen LogP contribution in [0.25, 0.3) is 0 Å². The van der Waals surface area contributed by atoms with Gasteiger partial charge in [0.05, 0.1) is 25.0 Å². The maximum absolute atomic E-state index is 10.2. The molecule has 1 atom stereocenters. The zero-order chi connectivity index (χ0) is 15.2. The molecule has 2 rings (SSSR count). The van der Waals surface area contributed by atoms with Crippen molar-refractivity contribution in [2.24, 2.45) is 0 Å². The van der Waals surface area contributed by atoms with E-state index >= 15 is 0 Å². The molecule has 2 heterocycles. The first-order chi connectivity index (χ1) is 10.1. The van der Waals surface area contributed by atoms with Gasteiger partial charge in [0, 0.05) is 38.6 Å². The van der Waals surface area contributed by atoms with Crippen molar-refractivity contribution in [3.63, 3.8) is 0 Å². The Balaban J connectivity index is 1.77. The zero-order valence-electron chi connectivity index (χ0n) is 13.3. The number of rotatable bonds is 7. The van der Waals surface area contributed by atoms with Crippen LogP contribution in [0.4, 0.5) is 0 Å². The molecule has 0 aliphatic carbocycles. The number of hydrogen-bond donors (Lipinski definition) is 1. The predicted molar refractivity (Wildman–Crippen MR) is 80.2 cm³/mol. The standard InChI is InChI=1S/C15H27N3O3/c1-12(2)15-14(16-11-21-15)10-17(3)8-13(19)9-18-4-6-20-7-5-18/h11-13,19H,4-10H2,1-3H3. The summed E-state index contributed by atoms with van der Waals surface area (Å²) >= 11 is 0. The van der Waals surface area contributed by atoms with E-state index in [1.54, 1.807) is 0 Å². The zero-order valence-corrected chi connectivity index (χ0v) is 13.3. The van der Waals surface area contributed by atoms with Gasteiger partial charge in [-0.2, -0.15) is 0 Å². The minimum atomic E-state index is -0.359. The van der Waals surface area contributed by atoms with Crippen molar-refractivity contribution >= 4 is 0 Å². The van der Waals surface area contributed by atoms with Crippen LogP contribution in [0.3, 0.4) is 0 Å². The molecule has 1 N–H and O–H groups in total. The highest BCUT2D eigenvalue weighted by Crippen LogP contribution is 2.19. The monoisotopic (exact) mass is 297 g/mol. The summed E-state index contributed by atoms with van der Waals surface area (Å²) in [6.45, 7) is 9.55. The average Bonchev–Trinajstić information content (AvgIpc) is 2.87. The molecule has 1 aromatic rings. The highest BCUT2D eigenvalue weighted by atomic mass is 16.5. The fraction of sp³-hybridized carbons (Fsp3) is 0.800. The van der Waals surface area contributed by atoms with Crippen LogP contribution in [-0.2, 0) is 11.3 Å². The first-order valence-electron chi connectivity index (χ1n) is 7.65. The molecule has 0 amide bonds. The Kier molecular flexibility index (Phi) is 6.17. The maximum atomic E-state index is 10.2. The van der Waals surface area contributed by atoms with Crippen molar-refractivity contribution in [3.05, 3.63) is 17.8 Å². The van der Waals surface area contributed by atoms with Crippen molar-refractivity contribution in [2.75, 3.05) is 46.4 Å². The van der Waals surface area contributed by atoms with E-state index in [2.05, 4.69) is 28.6 Å². The van der Waals surface area contributed by atoms with E-state index in [1.807, 2.05) is 7.05 Å². The third kappa shape index (κ3) is 5.07. The summed E-state index contributed by atoms with van der Waals surface area (Å²) in [5.41, 5.74) is 0.964. The molecule has 6 nitrogen and oxygen atoms in total. The SMILES string of the molecule is CC(C)c1ocnc1CN(C)CC(O)CN1CCOCC1. The number of aliphatic hydroxyl groups excluding tert-OH is 1. The lowest BCUT2D eigenvalue weighted by Gasteiger charge is -2.30. The molecule has 120 valence electrons. The van der Waals surface area contributed by atoms with Gasteiger partial charge >= 0.3 is 0 Å². The number of morpholine rings is 1. The molecular formula is C15H27N3O3. The molecule has 0 saturated carbocycles. The molecule has 1 aliphatic rings. The highest BCUT2D eigenvalue weighted by Gasteiger charge is 2.18. The van der Waals surface area contributed by atoms with Crippen LogP contribution in [0.2, 0.25) is 0 Å². The van der Waals surface area contributed by atoms with Gasteiger partial charge in [0.2, 0.25) is 0 Å². The van der Waals surface area contributed by atoms with Crippen LogP contribution in [0.5, 0.6) is 0 Å². The lowest BCUT2D eigenvalue weighted by Crippen LogP contribution is -2.44. The van der Waals surface area contributed by atoms with Crippen LogP contribution in [-0.4, -0.2) is 72.4 Å². The molecule has 1 fully saturated rings. The molecule has 0 spiro atoms. The van der Waals surface area contributed by atoms with Crippen LogP contribution in [0, 0.1) is 0 Å². The lowest BCUT2D eigenvalue weighted by molar-refractivity contribution is 0.00816. The summed E-state index contributed by atoms with van der Waals surface area (Å²) in [4.78, 5) is 8.62.